The number of amides is 2. The van der Waals surface area contributed by atoms with E-state index < -0.39 is 0 Å². The molecule has 5 nitrogen and oxygen atoms in total. The third-order valence-electron chi connectivity index (χ3n) is 3.05. The molecule has 2 amide bonds. The lowest BCUT2D eigenvalue weighted by Crippen LogP contribution is -2.49. The van der Waals surface area contributed by atoms with Crippen molar-refractivity contribution in [3.8, 4) is 0 Å². The van der Waals surface area contributed by atoms with Gasteiger partial charge < -0.3 is 15.5 Å². The van der Waals surface area contributed by atoms with Crippen molar-refractivity contribution in [1.29, 1.82) is 0 Å². The first-order chi connectivity index (χ1) is 9.58. The van der Waals surface area contributed by atoms with Gasteiger partial charge in [0, 0.05) is 35.7 Å². The van der Waals surface area contributed by atoms with Crippen molar-refractivity contribution < 1.29 is 9.59 Å². The number of nitrogens with zero attached hydrogens (tertiary/aromatic N) is 1. The number of carbonyl (C=O) groups is 2. The van der Waals surface area contributed by atoms with Crippen molar-refractivity contribution >= 4 is 39.3 Å². The average molecular weight is 361 g/mol. The molecule has 1 aromatic carbocycles. The second kappa shape index (κ2) is 7.06. The highest BCUT2D eigenvalue weighted by Crippen LogP contribution is 2.21. The molecule has 0 radical (unpaired) electrons. The van der Waals surface area contributed by atoms with Gasteiger partial charge in [-0.3, -0.25) is 9.59 Å². The van der Waals surface area contributed by atoms with E-state index in [0.29, 0.717) is 28.1 Å². The normalized spacial score (nSPS) is 15.0. The second-order valence-electron chi connectivity index (χ2n) is 4.44. The minimum atomic E-state index is -0.294. The van der Waals surface area contributed by atoms with Crippen LogP contribution in [0.4, 0.5) is 0 Å². The van der Waals surface area contributed by atoms with Gasteiger partial charge in [-0.2, -0.15) is 0 Å². The van der Waals surface area contributed by atoms with Crippen LogP contribution in [-0.2, 0) is 4.79 Å². The zero-order chi connectivity index (χ0) is 14.5. The molecule has 0 atom stereocenters. The Morgan fingerprint density at radius 3 is 2.70 bits per heavy atom. The maximum atomic E-state index is 12.0. The van der Waals surface area contributed by atoms with Crippen molar-refractivity contribution in [3.05, 3.63) is 33.3 Å². The molecule has 2 N–H and O–H groups in total. The largest absolute Gasteiger partial charge is 0.343 e. The van der Waals surface area contributed by atoms with Crippen LogP contribution in [0.2, 0.25) is 5.02 Å². The minimum Gasteiger partial charge on any atom is -0.343 e. The van der Waals surface area contributed by atoms with Crippen molar-refractivity contribution in [3.63, 3.8) is 0 Å². The Labute approximate surface area is 130 Å². The molecular formula is C13H15BrClN3O2. The van der Waals surface area contributed by atoms with E-state index in [0.717, 1.165) is 13.1 Å². The number of hydrogen-bond donors (Lipinski definition) is 2. The summed E-state index contributed by atoms with van der Waals surface area (Å²) in [5.41, 5.74) is 0.461. The van der Waals surface area contributed by atoms with Gasteiger partial charge >= 0.3 is 0 Å². The van der Waals surface area contributed by atoms with Crippen LogP contribution in [-0.4, -0.2) is 49.4 Å². The summed E-state index contributed by atoms with van der Waals surface area (Å²) in [6.45, 7) is 2.96. The molecule has 1 aromatic rings. The average Bonchev–Trinajstić information content (AvgIpc) is 2.45. The summed E-state index contributed by atoms with van der Waals surface area (Å²) in [5.74, 6) is -0.359. The van der Waals surface area contributed by atoms with Crippen LogP contribution in [0, 0.1) is 0 Å². The molecule has 1 aliphatic rings. The first kappa shape index (κ1) is 15.3. The summed E-state index contributed by atoms with van der Waals surface area (Å²) < 4.78 is 0.608. The zero-order valence-electron chi connectivity index (χ0n) is 10.8. The van der Waals surface area contributed by atoms with Gasteiger partial charge in [-0.15, -0.1) is 0 Å². The van der Waals surface area contributed by atoms with Crippen molar-refractivity contribution in [2.75, 3.05) is 32.7 Å². The Bertz CT molecular complexity index is 518. The van der Waals surface area contributed by atoms with E-state index in [9.17, 15) is 9.59 Å². The Hall–Kier alpha value is -1.11. The molecule has 1 saturated heterocycles. The van der Waals surface area contributed by atoms with Gasteiger partial charge in [0.25, 0.3) is 5.91 Å². The maximum absolute atomic E-state index is 12.0. The standard InChI is InChI=1S/C13H15BrClN3O2/c14-11-7-9(15)1-2-10(11)13(20)17-8-12(19)18-5-3-16-4-6-18/h1-2,7,16H,3-6,8H2,(H,17,20). The minimum absolute atomic E-state index is 0.00784. The summed E-state index contributed by atoms with van der Waals surface area (Å²) in [6.07, 6.45) is 0. The number of hydrogen-bond acceptors (Lipinski definition) is 3. The van der Waals surface area contributed by atoms with Crippen LogP contribution in [0.25, 0.3) is 0 Å². The number of benzene rings is 1. The molecule has 1 aliphatic heterocycles. The molecule has 7 heteroatoms. The van der Waals surface area contributed by atoms with Gasteiger partial charge in [0.05, 0.1) is 12.1 Å². The van der Waals surface area contributed by atoms with Crippen molar-refractivity contribution in [2.24, 2.45) is 0 Å². The Kier molecular flexibility index (Phi) is 5.39. The fraction of sp³-hybridized carbons (Fsp3) is 0.385. The van der Waals surface area contributed by atoms with Gasteiger partial charge in [-0.1, -0.05) is 11.6 Å². The number of piperazine rings is 1. The van der Waals surface area contributed by atoms with Gasteiger partial charge in [-0.25, -0.2) is 0 Å². The molecule has 0 spiro atoms. The van der Waals surface area contributed by atoms with Crippen LogP contribution >= 0.6 is 27.5 Å². The molecule has 20 heavy (non-hydrogen) atoms. The predicted octanol–water partition coefficient (Wildman–Crippen LogP) is 1.26. The van der Waals surface area contributed by atoms with E-state index in [1.807, 2.05) is 0 Å². The molecule has 2 rings (SSSR count). The van der Waals surface area contributed by atoms with Crippen LogP contribution in [0.1, 0.15) is 10.4 Å². The Balaban J connectivity index is 1.89. The molecule has 1 heterocycles. The molecular weight excluding hydrogens is 346 g/mol. The van der Waals surface area contributed by atoms with Gasteiger partial charge in [0.2, 0.25) is 5.91 Å². The van der Waals surface area contributed by atoms with E-state index in [-0.39, 0.29) is 18.4 Å². The quantitative estimate of drug-likeness (QED) is 0.853. The molecule has 108 valence electrons. The van der Waals surface area contributed by atoms with Gasteiger partial charge in [0.1, 0.15) is 0 Å². The van der Waals surface area contributed by atoms with Crippen LogP contribution < -0.4 is 10.6 Å². The van der Waals surface area contributed by atoms with Gasteiger partial charge in [0.15, 0.2) is 0 Å². The van der Waals surface area contributed by atoms with E-state index in [1.54, 1.807) is 23.1 Å². The zero-order valence-corrected chi connectivity index (χ0v) is 13.1. The van der Waals surface area contributed by atoms with Gasteiger partial charge in [-0.05, 0) is 34.1 Å². The Morgan fingerprint density at radius 1 is 1.35 bits per heavy atom. The van der Waals surface area contributed by atoms with E-state index in [1.165, 1.54) is 0 Å². The smallest absolute Gasteiger partial charge is 0.252 e. The number of halogens is 2. The molecule has 0 unspecified atom stereocenters. The monoisotopic (exact) mass is 359 g/mol. The Morgan fingerprint density at radius 2 is 2.05 bits per heavy atom. The van der Waals surface area contributed by atoms with Crippen molar-refractivity contribution in [2.45, 2.75) is 0 Å². The van der Waals surface area contributed by atoms with E-state index in [4.69, 9.17) is 11.6 Å². The van der Waals surface area contributed by atoms with E-state index >= 15 is 0 Å². The molecule has 0 aromatic heterocycles. The first-order valence-electron chi connectivity index (χ1n) is 6.29. The highest BCUT2D eigenvalue weighted by molar-refractivity contribution is 9.10. The van der Waals surface area contributed by atoms with Crippen LogP contribution in [0.15, 0.2) is 22.7 Å². The molecule has 1 fully saturated rings. The number of rotatable bonds is 3. The lowest BCUT2D eigenvalue weighted by molar-refractivity contribution is -0.130. The summed E-state index contributed by atoms with van der Waals surface area (Å²) in [4.78, 5) is 25.7. The summed E-state index contributed by atoms with van der Waals surface area (Å²) in [6, 6.07) is 4.91. The fourth-order valence-corrected chi connectivity index (χ4v) is 2.81. The highest BCUT2D eigenvalue weighted by atomic mass is 79.9. The topological polar surface area (TPSA) is 61.4 Å². The van der Waals surface area contributed by atoms with E-state index in [2.05, 4.69) is 26.6 Å². The molecule has 0 bridgehead atoms. The summed E-state index contributed by atoms with van der Waals surface area (Å²) in [7, 11) is 0. The SMILES string of the molecule is O=C(NCC(=O)N1CCNCC1)c1ccc(Cl)cc1Br. The van der Waals surface area contributed by atoms with Crippen molar-refractivity contribution in [1.82, 2.24) is 15.5 Å². The van der Waals surface area contributed by atoms with Crippen LogP contribution in [0.3, 0.4) is 0 Å². The fourth-order valence-electron chi connectivity index (χ4n) is 1.95. The molecule has 0 saturated carbocycles. The predicted molar refractivity (Wildman–Crippen MR) is 80.9 cm³/mol. The first-order valence-corrected chi connectivity index (χ1v) is 7.47. The second-order valence-corrected chi connectivity index (χ2v) is 5.73. The van der Waals surface area contributed by atoms with Crippen LogP contribution in [0.5, 0.6) is 0 Å². The summed E-state index contributed by atoms with van der Waals surface area (Å²) in [5, 5.41) is 6.35. The lowest BCUT2D eigenvalue weighted by atomic mass is 10.2. The lowest BCUT2D eigenvalue weighted by Gasteiger charge is -2.27. The third-order valence-corrected chi connectivity index (χ3v) is 3.94. The maximum Gasteiger partial charge on any atom is 0.252 e. The number of carbonyl (C=O) groups excluding carboxylic acids is 2. The highest BCUT2D eigenvalue weighted by Gasteiger charge is 2.17. The number of nitrogens with one attached hydrogen (secondary N) is 2. The summed E-state index contributed by atoms with van der Waals surface area (Å²) >= 11 is 9.10. The molecule has 0 aliphatic carbocycles. The third kappa shape index (κ3) is 3.94.